The number of nitrogens with one attached hydrogen (secondary N) is 2. The second-order valence-electron chi connectivity index (χ2n) is 3.89. The molecule has 0 saturated heterocycles. The minimum absolute atomic E-state index is 0.0814. The number of aryl methyl sites for hydroxylation is 1. The fourth-order valence-corrected chi connectivity index (χ4v) is 1.85. The lowest BCUT2D eigenvalue weighted by Crippen LogP contribution is -2.17. The Labute approximate surface area is 114 Å². The van der Waals surface area contributed by atoms with Crippen LogP contribution in [0.3, 0.4) is 0 Å². The van der Waals surface area contributed by atoms with E-state index in [1.54, 1.807) is 16.8 Å². The van der Waals surface area contributed by atoms with Gasteiger partial charge in [0.15, 0.2) is 5.82 Å². The molecule has 1 aromatic heterocycles. The number of aromatic nitrogens is 3. The number of aromatic amines is 1. The van der Waals surface area contributed by atoms with Gasteiger partial charge in [0.25, 0.3) is 5.69 Å². The second kappa shape index (κ2) is 5.61. The van der Waals surface area contributed by atoms with E-state index in [1.165, 1.54) is 12.1 Å². The van der Waals surface area contributed by atoms with Crippen molar-refractivity contribution in [2.24, 2.45) is 0 Å². The highest BCUT2D eigenvalue weighted by atomic mass is 32.1. The highest BCUT2D eigenvalue weighted by molar-refractivity contribution is 7.71. The predicted octanol–water partition coefficient (Wildman–Crippen LogP) is 2.15. The third kappa shape index (κ3) is 2.97. The van der Waals surface area contributed by atoms with E-state index < -0.39 is 4.92 Å². The van der Waals surface area contributed by atoms with Crippen molar-refractivity contribution in [2.45, 2.75) is 19.9 Å². The van der Waals surface area contributed by atoms with Crippen LogP contribution < -0.4 is 5.43 Å². The zero-order valence-electron chi connectivity index (χ0n) is 10.3. The molecule has 0 aliphatic heterocycles. The van der Waals surface area contributed by atoms with Crippen LogP contribution in [-0.2, 0) is 13.0 Å². The molecule has 0 atom stereocenters. The molecule has 0 radical (unpaired) electrons. The van der Waals surface area contributed by atoms with Gasteiger partial charge in [-0.1, -0.05) is 19.1 Å². The van der Waals surface area contributed by atoms with E-state index in [-0.39, 0.29) is 5.69 Å². The summed E-state index contributed by atoms with van der Waals surface area (Å²) in [5.74, 6) is 0.812. The zero-order valence-corrected chi connectivity index (χ0v) is 11.1. The molecule has 1 aromatic carbocycles. The Hall–Kier alpha value is -2.22. The average Bonchev–Trinajstić information content (AvgIpc) is 2.77. The number of hydrogen-bond donors (Lipinski definition) is 2. The summed E-state index contributed by atoms with van der Waals surface area (Å²) in [7, 11) is 0. The van der Waals surface area contributed by atoms with Gasteiger partial charge in [-0.2, -0.15) is 5.10 Å². The van der Waals surface area contributed by atoms with Crippen LogP contribution in [-0.4, -0.2) is 19.8 Å². The molecule has 2 rings (SSSR count). The molecule has 100 valence electrons. The Morgan fingerprint density at radius 3 is 2.74 bits per heavy atom. The fraction of sp³-hybridized carbons (Fsp3) is 0.273. The first-order valence-electron chi connectivity index (χ1n) is 5.75. The highest BCUT2D eigenvalue weighted by Gasteiger charge is 2.05. The van der Waals surface area contributed by atoms with Crippen molar-refractivity contribution in [3.8, 4) is 0 Å². The molecule has 19 heavy (non-hydrogen) atoms. The minimum atomic E-state index is -0.418. The molecule has 0 aliphatic rings. The van der Waals surface area contributed by atoms with Crippen molar-refractivity contribution >= 4 is 17.9 Å². The van der Waals surface area contributed by atoms with Gasteiger partial charge >= 0.3 is 0 Å². The summed E-state index contributed by atoms with van der Waals surface area (Å²) in [6.45, 7) is 2.49. The van der Waals surface area contributed by atoms with Crippen LogP contribution in [0.25, 0.3) is 0 Å². The van der Waals surface area contributed by atoms with E-state index >= 15 is 0 Å². The molecule has 0 bridgehead atoms. The van der Waals surface area contributed by atoms with E-state index in [9.17, 15) is 10.1 Å². The molecule has 0 saturated carbocycles. The first kappa shape index (κ1) is 13.2. The maximum atomic E-state index is 10.5. The third-order valence-corrected chi connectivity index (χ3v) is 2.92. The number of benzene rings is 1. The third-order valence-electron chi connectivity index (χ3n) is 2.65. The van der Waals surface area contributed by atoms with Crippen molar-refractivity contribution in [1.82, 2.24) is 14.9 Å². The van der Waals surface area contributed by atoms with Gasteiger partial charge in [-0.25, -0.2) is 4.68 Å². The number of nitro groups is 1. The van der Waals surface area contributed by atoms with E-state index in [0.29, 0.717) is 11.3 Å². The summed E-state index contributed by atoms with van der Waals surface area (Å²) in [4.78, 5) is 10.1. The number of nitro benzene ring substituents is 1. The molecular weight excluding hydrogens is 266 g/mol. The molecule has 0 amide bonds. The summed E-state index contributed by atoms with van der Waals surface area (Å²) < 4.78 is 2.20. The Bertz CT molecular complexity index is 631. The van der Waals surface area contributed by atoms with E-state index in [4.69, 9.17) is 12.2 Å². The number of rotatable bonds is 5. The maximum absolute atomic E-state index is 10.5. The largest absolute Gasteiger partial charge is 0.318 e. The Balaban J connectivity index is 2.08. The van der Waals surface area contributed by atoms with Crippen LogP contribution in [0.1, 0.15) is 18.3 Å². The number of H-pyrrole nitrogens is 1. The zero-order chi connectivity index (χ0) is 13.8. The lowest BCUT2D eigenvalue weighted by Gasteiger charge is -2.08. The molecule has 0 spiro atoms. The lowest BCUT2D eigenvalue weighted by molar-refractivity contribution is -0.384. The predicted molar refractivity (Wildman–Crippen MR) is 73.0 cm³/mol. The smallest absolute Gasteiger partial charge is 0.269 e. The number of hydrogen-bond acceptors (Lipinski definition) is 5. The Morgan fingerprint density at radius 1 is 1.47 bits per heavy atom. The summed E-state index contributed by atoms with van der Waals surface area (Å²) in [6, 6.07) is 6.37. The molecule has 2 N–H and O–H groups in total. The van der Waals surface area contributed by atoms with Crippen molar-refractivity contribution < 1.29 is 4.92 Å². The van der Waals surface area contributed by atoms with Gasteiger partial charge in [0.05, 0.1) is 11.5 Å². The van der Waals surface area contributed by atoms with Gasteiger partial charge in [-0.3, -0.25) is 15.2 Å². The van der Waals surface area contributed by atoms with E-state index in [2.05, 4.69) is 15.6 Å². The lowest BCUT2D eigenvalue weighted by atomic mass is 10.2. The van der Waals surface area contributed by atoms with Crippen LogP contribution in [0.2, 0.25) is 0 Å². The first-order chi connectivity index (χ1) is 9.11. The Kier molecular flexibility index (Phi) is 3.91. The summed E-state index contributed by atoms with van der Waals surface area (Å²) in [5, 5.41) is 17.3. The molecule has 1 heterocycles. The van der Waals surface area contributed by atoms with Gasteiger partial charge in [0.2, 0.25) is 4.77 Å². The Morgan fingerprint density at radius 2 is 2.16 bits per heavy atom. The first-order valence-corrected chi connectivity index (χ1v) is 6.16. The summed E-state index contributed by atoms with van der Waals surface area (Å²) in [6.07, 6.45) is 0.750. The van der Waals surface area contributed by atoms with Crippen LogP contribution in [0.4, 0.5) is 5.69 Å². The standard InChI is InChI=1S/C11H13N5O2S/c1-2-10-13-14-11(19)15(10)12-7-8-3-5-9(6-4-8)16(17)18/h3-6,12H,2,7H2,1H3,(H,14,19). The monoisotopic (exact) mass is 279 g/mol. The second-order valence-corrected chi connectivity index (χ2v) is 4.28. The molecule has 8 heteroatoms. The van der Waals surface area contributed by atoms with Crippen molar-refractivity contribution in [3.05, 3.63) is 50.5 Å². The van der Waals surface area contributed by atoms with Crippen molar-refractivity contribution in [3.63, 3.8) is 0 Å². The maximum Gasteiger partial charge on any atom is 0.269 e. The highest BCUT2D eigenvalue weighted by Crippen LogP contribution is 2.12. The van der Waals surface area contributed by atoms with Crippen molar-refractivity contribution in [2.75, 3.05) is 5.43 Å². The molecular formula is C11H13N5O2S. The molecule has 0 unspecified atom stereocenters. The summed E-state index contributed by atoms with van der Waals surface area (Å²) >= 11 is 5.10. The van der Waals surface area contributed by atoms with Crippen LogP contribution in [0.15, 0.2) is 24.3 Å². The molecule has 0 aliphatic carbocycles. The van der Waals surface area contributed by atoms with Crippen LogP contribution in [0.5, 0.6) is 0 Å². The fourth-order valence-electron chi connectivity index (χ4n) is 1.64. The van der Waals surface area contributed by atoms with E-state index in [1.807, 2.05) is 6.92 Å². The number of nitrogens with zero attached hydrogens (tertiary/aromatic N) is 3. The molecule has 0 fully saturated rings. The minimum Gasteiger partial charge on any atom is -0.318 e. The topological polar surface area (TPSA) is 88.8 Å². The van der Waals surface area contributed by atoms with E-state index in [0.717, 1.165) is 17.8 Å². The van der Waals surface area contributed by atoms with Gasteiger partial charge in [-0.05, 0) is 17.8 Å². The quantitative estimate of drug-likeness (QED) is 0.497. The van der Waals surface area contributed by atoms with Crippen LogP contribution in [0, 0.1) is 14.9 Å². The van der Waals surface area contributed by atoms with Gasteiger partial charge in [0, 0.05) is 18.6 Å². The SMILES string of the molecule is CCc1n[nH]c(=S)n1NCc1ccc([N+](=O)[O-])cc1. The number of non-ortho nitro benzene ring substituents is 1. The average molecular weight is 279 g/mol. The van der Waals surface area contributed by atoms with Gasteiger partial charge in [0.1, 0.15) is 0 Å². The van der Waals surface area contributed by atoms with Gasteiger partial charge in [-0.15, -0.1) is 0 Å². The normalized spacial score (nSPS) is 10.4. The summed E-state index contributed by atoms with van der Waals surface area (Å²) in [5.41, 5.74) is 4.13. The molecule has 7 nitrogen and oxygen atoms in total. The van der Waals surface area contributed by atoms with Crippen LogP contribution >= 0.6 is 12.2 Å². The van der Waals surface area contributed by atoms with Crippen molar-refractivity contribution in [1.29, 1.82) is 0 Å². The molecule has 2 aromatic rings. The van der Waals surface area contributed by atoms with Gasteiger partial charge < -0.3 is 5.43 Å².